The minimum absolute atomic E-state index is 0.134. The first kappa shape index (κ1) is 47.7. The molecule has 6 aromatic rings. The highest BCUT2D eigenvalue weighted by molar-refractivity contribution is 6.23. The standard InChI is InChI=1S/C47H43N3O18/c1-8-19(2)26-13-24-34(46(61)50(26)15-29(52)49-14-25(48-45(60)21(49)4)47(62)68-18-31(54)64-6)40(56)32-22(39(24)55)9-10-23-33(32)41(57)37-38(44(23)65-7)43(59)36-27(66-16-20(3)51)11-12-28(35(36)42(37)58)67-17-30(53)63-5/h9-13,19,21,25,57H,8,14-18H2,1-7H3,(H,48,60). The average molecular weight is 938 g/mol. The van der Waals surface area contributed by atoms with Crippen LogP contribution in [0.15, 0.2) is 54.3 Å². The number of carbonyl (C=O) groups excluding carboxylic acids is 6. The van der Waals surface area contributed by atoms with Crippen molar-refractivity contribution in [1.29, 1.82) is 0 Å². The molecule has 5 aromatic carbocycles. The summed E-state index contributed by atoms with van der Waals surface area (Å²) in [5.74, 6) is -7.11. The fraction of sp³-hybridized carbons (Fsp3) is 0.340. The van der Waals surface area contributed by atoms with Crippen molar-refractivity contribution in [3.8, 4) is 23.0 Å². The molecule has 1 aliphatic heterocycles. The molecule has 2 amide bonds. The normalized spacial score (nSPS) is 15.3. The number of phenols is 1. The van der Waals surface area contributed by atoms with Gasteiger partial charge in [0, 0.05) is 32.6 Å². The van der Waals surface area contributed by atoms with Gasteiger partial charge in [0.25, 0.3) is 5.56 Å². The number of fused-ring (bicyclic) bond motifs is 6. The maximum Gasteiger partial charge on any atom is 0.344 e. The molecule has 2 heterocycles. The monoisotopic (exact) mass is 937 g/mol. The van der Waals surface area contributed by atoms with E-state index in [1.54, 1.807) is 13.8 Å². The van der Waals surface area contributed by atoms with E-state index in [4.69, 9.17) is 18.9 Å². The van der Waals surface area contributed by atoms with Crippen molar-refractivity contribution in [2.75, 3.05) is 47.7 Å². The topological polar surface area (TPSA) is 284 Å². The Hall–Kier alpha value is -8.23. The van der Waals surface area contributed by atoms with Crippen molar-refractivity contribution in [2.24, 2.45) is 0 Å². The third kappa shape index (κ3) is 7.98. The summed E-state index contributed by atoms with van der Waals surface area (Å²) >= 11 is 0. The van der Waals surface area contributed by atoms with Gasteiger partial charge in [-0.3, -0.25) is 38.4 Å². The fourth-order valence-electron chi connectivity index (χ4n) is 8.40. The summed E-state index contributed by atoms with van der Waals surface area (Å²) in [6, 6.07) is 3.74. The van der Waals surface area contributed by atoms with Gasteiger partial charge in [-0.2, -0.15) is 0 Å². The van der Waals surface area contributed by atoms with E-state index in [-0.39, 0.29) is 39.1 Å². The predicted molar refractivity (Wildman–Crippen MR) is 242 cm³/mol. The molecule has 3 unspecified atom stereocenters. The van der Waals surface area contributed by atoms with Crippen molar-refractivity contribution >= 4 is 89.4 Å². The number of amides is 2. The van der Waals surface area contributed by atoms with Gasteiger partial charge >= 0.3 is 17.9 Å². The molecule has 354 valence electrons. The largest absolute Gasteiger partial charge is 0.506 e. The molecule has 1 saturated heterocycles. The lowest BCUT2D eigenvalue weighted by Gasteiger charge is -2.37. The molecule has 0 bridgehead atoms. The molecule has 0 saturated carbocycles. The zero-order valence-electron chi connectivity index (χ0n) is 37.6. The zero-order chi connectivity index (χ0) is 49.6. The Morgan fingerprint density at radius 2 is 1.32 bits per heavy atom. The molecule has 1 aliphatic rings. The number of benzene rings is 5. The number of Topliss-reactive ketones (excluding diaryl/α,β-unsaturated/α-hetero) is 1. The number of pyridine rings is 1. The van der Waals surface area contributed by atoms with Gasteiger partial charge in [0.05, 0.1) is 54.8 Å². The van der Waals surface area contributed by atoms with Gasteiger partial charge in [-0.1, -0.05) is 13.8 Å². The van der Waals surface area contributed by atoms with Gasteiger partial charge in [0.2, 0.25) is 28.1 Å². The molecule has 21 nitrogen and oxygen atoms in total. The molecule has 2 N–H and O–H groups in total. The van der Waals surface area contributed by atoms with Crippen LogP contribution < -0.4 is 46.8 Å². The van der Waals surface area contributed by atoms with Crippen LogP contribution in [0.3, 0.4) is 0 Å². The van der Waals surface area contributed by atoms with Gasteiger partial charge in [-0.05, 0) is 56.5 Å². The van der Waals surface area contributed by atoms with E-state index in [9.17, 15) is 57.8 Å². The summed E-state index contributed by atoms with van der Waals surface area (Å²) in [5.41, 5.74) is -4.88. The lowest BCUT2D eigenvalue weighted by atomic mass is 9.91. The Morgan fingerprint density at radius 1 is 0.735 bits per heavy atom. The van der Waals surface area contributed by atoms with Crippen molar-refractivity contribution in [2.45, 2.75) is 58.7 Å². The number of esters is 3. The number of phenolic OH excluding ortho intramolecular Hbond substituents is 1. The fourth-order valence-corrected chi connectivity index (χ4v) is 8.40. The van der Waals surface area contributed by atoms with Gasteiger partial charge in [0.15, 0.2) is 24.4 Å². The Balaban J connectivity index is 1.49. The van der Waals surface area contributed by atoms with Crippen molar-refractivity contribution in [3.63, 3.8) is 0 Å². The van der Waals surface area contributed by atoms with Crippen LogP contribution in [-0.4, -0.2) is 110 Å². The average Bonchev–Trinajstić information content (AvgIpc) is 3.32. The first-order chi connectivity index (χ1) is 32.3. The van der Waals surface area contributed by atoms with Crippen molar-refractivity contribution < 1.29 is 62.3 Å². The molecular weight excluding hydrogens is 895 g/mol. The molecule has 1 fully saturated rings. The number of piperazine rings is 1. The number of hydrogen-bond donors (Lipinski definition) is 2. The second-order valence-corrected chi connectivity index (χ2v) is 16.1. The number of aromatic nitrogens is 1. The lowest BCUT2D eigenvalue weighted by molar-refractivity contribution is -0.161. The predicted octanol–water partition coefficient (Wildman–Crippen LogP) is 1.11. The summed E-state index contributed by atoms with van der Waals surface area (Å²) in [7, 11) is 3.32. The summed E-state index contributed by atoms with van der Waals surface area (Å²) in [6.45, 7) is 2.92. The van der Waals surface area contributed by atoms with Gasteiger partial charge in [0.1, 0.15) is 48.2 Å². The highest BCUT2D eigenvalue weighted by atomic mass is 16.6. The number of ether oxygens (including phenoxy) is 6. The van der Waals surface area contributed by atoms with E-state index in [1.807, 2.05) is 0 Å². The molecule has 3 atom stereocenters. The minimum Gasteiger partial charge on any atom is -0.506 e. The van der Waals surface area contributed by atoms with E-state index in [0.717, 1.165) is 30.8 Å². The van der Waals surface area contributed by atoms with Crippen LogP contribution in [-0.2, 0) is 49.5 Å². The quantitative estimate of drug-likeness (QED) is 0.0669. The first-order valence-corrected chi connectivity index (χ1v) is 21.0. The van der Waals surface area contributed by atoms with Gasteiger partial charge < -0.3 is 48.3 Å². The van der Waals surface area contributed by atoms with E-state index in [0.29, 0.717) is 6.42 Å². The summed E-state index contributed by atoms with van der Waals surface area (Å²) in [5, 5.41) is 10.2. The van der Waals surface area contributed by atoms with Crippen LogP contribution >= 0.6 is 0 Å². The maximum atomic E-state index is 15.0. The molecular formula is C47H43N3O18. The van der Waals surface area contributed by atoms with Gasteiger partial charge in [-0.25, -0.2) is 14.4 Å². The number of nitrogens with zero attached hydrogens (tertiary/aromatic N) is 2. The molecule has 0 aliphatic carbocycles. The minimum atomic E-state index is -1.40. The second kappa shape index (κ2) is 18.6. The number of ketones is 1. The molecule has 0 radical (unpaired) electrons. The van der Waals surface area contributed by atoms with E-state index in [1.165, 1.54) is 44.2 Å². The Morgan fingerprint density at radius 3 is 1.93 bits per heavy atom. The van der Waals surface area contributed by atoms with E-state index < -0.39 is 157 Å². The van der Waals surface area contributed by atoms with Crippen molar-refractivity contribution in [3.05, 3.63) is 87.3 Å². The Kier molecular flexibility index (Phi) is 13.0. The molecule has 0 spiro atoms. The van der Waals surface area contributed by atoms with E-state index in [2.05, 4.69) is 14.8 Å². The zero-order valence-corrected chi connectivity index (χ0v) is 37.6. The van der Waals surface area contributed by atoms with Crippen LogP contribution in [0.4, 0.5) is 0 Å². The number of rotatable bonds is 14. The molecule has 68 heavy (non-hydrogen) atoms. The summed E-state index contributed by atoms with van der Waals surface area (Å²) in [6.07, 6.45) is 0.390. The van der Waals surface area contributed by atoms with Crippen LogP contribution in [0.5, 0.6) is 23.0 Å². The number of methoxy groups -OCH3 is 3. The number of carbonyl (C=O) groups is 6. The summed E-state index contributed by atoms with van der Waals surface area (Å²) in [4.78, 5) is 150. The number of hydrogen-bond acceptors (Lipinski definition) is 18. The van der Waals surface area contributed by atoms with Gasteiger partial charge in [-0.15, -0.1) is 0 Å². The molecule has 21 heteroatoms. The highest BCUT2D eigenvalue weighted by Gasteiger charge is 2.39. The van der Waals surface area contributed by atoms with E-state index >= 15 is 0 Å². The lowest BCUT2D eigenvalue weighted by Crippen LogP contribution is -2.63. The molecule has 7 rings (SSSR count). The third-order valence-electron chi connectivity index (χ3n) is 12.0. The summed E-state index contributed by atoms with van der Waals surface area (Å²) < 4.78 is 32.0. The number of nitrogens with one attached hydrogen (secondary N) is 1. The molecule has 1 aromatic heterocycles. The van der Waals surface area contributed by atoms with Crippen LogP contribution in [0.1, 0.15) is 45.7 Å². The highest BCUT2D eigenvalue weighted by Crippen LogP contribution is 2.44. The van der Waals surface area contributed by atoms with Crippen LogP contribution in [0.25, 0.3) is 53.9 Å². The second-order valence-electron chi connectivity index (χ2n) is 16.1. The Labute approximate surface area is 382 Å². The van der Waals surface area contributed by atoms with Crippen LogP contribution in [0, 0.1) is 0 Å². The maximum absolute atomic E-state index is 15.0. The van der Waals surface area contributed by atoms with Crippen molar-refractivity contribution in [1.82, 2.24) is 14.8 Å². The number of aromatic hydroxyl groups is 1. The third-order valence-corrected chi connectivity index (χ3v) is 12.0. The smallest absolute Gasteiger partial charge is 0.344 e. The Bertz CT molecular complexity index is 3480. The SMILES string of the molecule is CCC(C)c1cc2c(=O)c3ccc4c(OC)c5c(=O)c6c(OCC(C)=O)ccc(OCC(=O)OC)c6c(=O)c5c(O)c4c3c(=O)c2c(=O)n1CC(=O)N1CC(C(=O)OCC(=O)OC)NC(=O)C1C. The van der Waals surface area contributed by atoms with Crippen LogP contribution in [0.2, 0.25) is 0 Å². The first-order valence-electron chi connectivity index (χ1n) is 21.0.